The summed E-state index contributed by atoms with van der Waals surface area (Å²) in [4.78, 5) is 0. The Balaban J connectivity index is -0.000000355. The Bertz CT molecular complexity index is 1300. The van der Waals surface area contributed by atoms with Gasteiger partial charge in [0.2, 0.25) is 0 Å². The lowest BCUT2D eigenvalue weighted by Crippen LogP contribution is -2.15. The van der Waals surface area contributed by atoms with Gasteiger partial charge < -0.3 is 0 Å². The van der Waals surface area contributed by atoms with Gasteiger partial charge in [-0.25, -0.2) is 0 Å². The van der Waals surface area contributed by atoms with Crippen molar-refractivity contribution >= 4 is 0 Å². The maximum absolute atomic E-state index is 2.44. The van der Waals surface area contributed by atoms with Gasteiger partial charge in [0.25, 0.3) is 0 Å². The predicted octanol–water partition coefficient (Wildman–Crippen LogP) is 24.0. The molecule has 3 saturated carbocycles. The van der Waals surface area contributed by atoms with E-state index in [4.69, 9.17) is 0 Å². The Kier molecular flexibility index (Phi) is 51.8. The molecule has 0 radical (unpaired) electrons. The van der Waals surface area contributed by atoms with E-state index in [0.717, 1.165) is 76.9 Å². The van der Waals surface area contributed by atoms with Crippen LogP contribution in [0.2, 0.25) is 0 Å². The van der Waals surface area contributed by atoms with Crippen LogP contribution in [0.5, 0.6) is 0 Å². The molecule has 0 amide bonds. The number of hydrogen-bond acceptors (Lipinski definition) is 0. The molecule has 0 nitrogen and oxygen atoms in total. The summed E-state index contributed by atoms with van der Waals surface area (Å²) in [5.41, 5.74) is 5.58. The van der Waals surface area contributed by atoms with Gasteiger partial charge in [0.1, 0.15) is 0 Å². The van der Waals surface area contributed by atoms with Gasteiger partial charge in [0.05, 0.1) is 0 Å². The third-order valence-corrected chi connectivity index (χ3v) is 16.7. The molecule has 0 aliphatic heterocycles. The van der Waals surface area contributed by atoms with Crippen LogP contribution in [0.15, 0.2) is 60.7 Å². The summed E-state index contributed by atoms with van der Waals surface area (Å²) in [7, 11) is 0. The molecule has 0 spiro atoms. The maximum atomic E-state index is 2.44. The molecule has 2 aromatic rings. The van der Waals surface area contributed by atoms with Gasteiger partial charge in [0.15, 0.2) is 0 Å². The summed E-state index contributed by atoms with van der Waals surface area (Å²) in [5, 5.41) is 0. The molecule has 12 atom stereocenters. The van der Waals surface area contributed by atoms with Crippen molar-refractivity contribution in [2.24, 2.45) is 76.9 Å². The number of fused-ring (bicyclic) bond motifs is 2. The van der Waals surface area contributed by atoms with E-state index >= 15 is 0 Å². The van der Waals surface area contributed by atoms with E-state index in [1.165, 1.54) is 125 Å². The van der Waals surface area contributed by atoms with Crippen LogP contribution in [0.3, 0.4) is 0 Å². The highest BCUT2D eigenvalue weighted by Gasteiger charge is 2.42. The minimum atomic E-state index is 0.812. The van der Waals surface area contributed by atoms with Crippen molar-refractivity contribution in [2.75, 3.05) is 0 Å². The third-order valence-electron chi connectivity index (χ3n) is 16.7. The highest BCUT2D eigenvalue weighted by molar-refractivity contribution is 5.28. The van der Waals surface area contributed by atoms with Gasteiger partial charge in [-0.15, -0.1) is 0 Å². The molecular formula is C69H132. The van der Waals surface area contributed by atoms with Crippen LogP contribution >= 0.6 is 0 Å². The molecule has 2 aromatic carbocycles. The minimum Gasteiger partial charge on any atom is -0.0883 e. The average Bonchev–Trinajstić information content (AvgIpc) is 3.97. The van der Waals surface area contributed by atoms with Gasteiger partial charge in [-0.1, -0.05) is 276 Å². The Labute approximate surface area is 440 Å². The lowest BCUT2D eigenvalue weighted by Gasteiger charge is -2.24. The van der Waals surface area contributed by atoms with Crippen LogP contribution in [-0.4, -0.2) is 0 Å². The molecule has 6 rings (SSSR count). The molecule has 0 aromatic heterocycles. The first kappa shape index (κ1) is 73.7. The van der Waals surface area contributed by atoms with Crippen LogP contribution in [0, 0.1) is 97.7 Å². The first-order valence-corrected chi connectivity index (χ1v) is 30.6. The second-order valence-electron chi connectivity index (χ2n) is 22.5. The Morgan fingerprint density at radius 1 is 0.435 bits per heavy atom. The molecule has 0 saturated heterocycles. The molecule has 4 aliphatic carbocycles. The zero-order chi connectivity index (χ0) is 53.9. The SMILES string of the molecule is CC.CC.CC.CC1C2CCC(C2)C1C.CC1CC=CCC1C.CC1CCCCC1C.CCC(C)CC.CCC(C)CC(C)CC.CCC(C)CC(C)Cc1ccccc1.Cc1ccc(C)c(C)c1. The molecular weight excluding hydrogens is 829 g/mol. The van der Waals surface area contributed by atoms with E-state index in [9.17, 15) is 0 Å². The zero-order valence-electron chi connectivity index (χ0n) is 52.3. The number of benzene rings is 2. The van der Waals surface area contributed by atoms with Crippen molar-refractivity contribution in [3.63, 3.8) is 0 Å². The van der Waals surface area contributed by atoms with Crippen LogP contribution in [0.1, 0.15) is 277 Å². The number of rotatable bonds is 11. The third kappa shape index (κ3) is 38.5. The number of allylic oxidation sites excluding steroid dienone is 2. The Morgan fingerprint density at radius 2 is 0.812 bits per heavy atom. The standard InChI is InChI=1S/C14H22.C9H16.C9H12.C9H20.C8H16.C8H14.C6H14.3C2H6/c1-4-12(2)10-13(3)11-14-8-6-5-7-9-14;1-6-7(2)9-4-3-8(6)5-9;1-7-4-5-8(2)9(3)6-7;1-5-8(3)7-9(4)6-2;2*1-7-5-3-4-6-8(7)2;1-4-6(3)5-2;3*1-2/h5-9,12-13H,4,10-11H2,1-3H3;6-9H,3-5H2,1-2H3;4-6H,1-3H3;8-9H,5-7H2,1-4H3;7-8H,3-6H2,1-2H3;3-4,7-8H,5-6H2,1-2H3;6H,4-5H2,1-3H3;3*1-2H3. The van der Waals surface area contributed by atoms with Crippen LogP contribution in [0.4, 0.5) is 0 Å². The zero-order valence-corrected chi connectivity index (χ0v) is 52.3. The predicted molar refractivity (Wildman–Crippen MR) is 324 cm³/mol. The van der Waals surface area contributed by atoms with Gasteiger partial charge in [0, 0.05) is 0 Å². The van der Waals surface area contributed by atoms with Crippen LogP contribution < -0.4 is 0 Å². The normalized spacial score (nSPS) is 24.1. The Hall–Kier alpha value is -1.82. The first-order valence-electron chi connectivity index (χ1n) is 30.6. The second-order valence-corrected chi connectivity index (χ2v) is 22.5. The highest BCUT2D eigenvalue weighted by atomic mass is 14.5. The van der Waals surface area contributed by atoms with E-state index in [2.05, 4.69) is 192 Å². The van der Waals surface area contributed by atoms with E-state index in [1.54, 1.807) is 6.42 Å². The van der Waals surface area contributed by atoms with Crippen molar-refractivity contribution < 1.29 is 0 Å². The van der Waals surface area contributed by atoms with E-state index in [-0.39, 0.29) is 0 Å². The largest absolute Gasteiger partial charge is 0.0883 e. The molecule has 0 heteroatoms. The fraction of sp³-hybridized carbons (Fsp3) is 0.797. The first-order chi connectivity index (χ1) is 32.8. The maximum Gasteiger partial charge on any atom is -0.0253 e. The summed E-state index contributed by atoms with van der Waals surface area (Å²) >= 11 is 0. The van der Waals surface area contributed by atoms with Gasteiger partial charge in [-0.2, -0.15) is 0 Å². The van der Waals surface area contributed by atoms with E-state index in [1.807, 2.05) is 41.5 Å². The molecule has 2 bridgehead atoms. The summed E-state index contributed by atoms with van der Waals surface area (Å²) in [6.45, 7) is 55.6. The van der Waals surface area contributed by atoms with Crippen molar-refractivity contribution in [2.45, 2.75) is 282 Å². The van der Waals surface area contributed by atoms with Crippen molar-refractivity contribution in [3.8, 4) is 0 Å². The second kappa shape index (κ2) is 48.4. The van der Waals surface area contributed by atoms with Crippen molar-refractivity contribution in [3.05, 3.63) is 82.9 Å². The van der Waals surface area contributed by atoms with Gasteiger partial charge in [-0.05, 0) is 166 Å². The average molecular weight is 962 g/mol. The molecule has 69 heavy (non-hydrogen) atoms. The summed E-state index contributed by atoms with van der Waals surface area (Å²) < 4.78 is 0. The van der Waals surface area contributed by atoms with Crippen LogP contribution in [-0.2, 0) is 6.42 Å². The number of aryl methyl sites for hydroxylation is 3. The lowest BCUT2D eigenvalue weighted by molar-refractivity contribution is 0.259. The smallest absolute Gasteiger partial charge is 0.0253 e. The summed E-state index contributed by atoms with van der Waals surface area (Å²) in [5.74, 6) is 12.6. The highest BCUT2D eigenvalue weighted by Crippen LogP contribution is 2.51. The van der Waals surface area contributed by atoms with Gasteiger partial charge in [-0.3, -0.25) is 0 Å². The van der Waals surface area contributed by atoms with E-state index in [0.29, 0.717) is 0 Å². The molecule has 12 unspecified atom stereocenters. The molecule has 3 fully saturated rings. The summed E-state index contributed by atoms with van der Waals surface area (Å²) in [6.07, 6.45) is 28.3. The monoisotopic (exact) mass is 961 g/mol. The van der Waals surface area contributed by atoms with Crippen molar-refractivity contribution in [1.29, 1.82) is 0 Å². The van der Waals surface area contributed by atoms with Crippen LogP contribution in [0.25, 0.3) is 0 Å². The quantitative estimate of drug-likeness (QED) is 0.197. The Morgan fingerprint density at radius 3 is 1.09 bits per heavy atom. The van der Waals surface area contributed by atoms with Crippen molar-refractivity contribution in [1.82, 2.24) is 0 Å². The van der Waals surface area contributed by atoms with E-state index < -0.39 is 0 Å². The fourth-order valence-electron chi connectivity index (χ4n) is 9.61. The molecule has 4 aliphatic rings. The lowest BCUT2D eigenvalue weighted by atomic mass is 9.82. The summed E-state index contributed by atoms with van der Waals surface area (Å²) in [6, 6.07) is 17.3. The molecule has 0 N–H and O–H groups in total. The molecule has 0 heterocycles. The fourth-order valence-corrected chi connectivity index (χ4v) is 9.61. The van der Waals surface area contributed by atoms with Gasteiger partial charge >= 0.3 is 0 Å². The minimum absolute atomic E-state index is 0.812. The number of hydrogen-bond donors (Lipinski definition) is 0. The topological polar surface area (TPSA) is 0 Å². The molecule has 408 valence electrons.